The van der Waals surface area contributed by atoms with Crippen molar-refractivity contribution in [1.29, 1.82) is 0 Å². The van der Waals surface area contributed by atoms with Gasteiger partial charge in [0.25, 0.3) is 0 Å². The smallest absolute Gasteiger partial charge is 0.323 e. The summed E-state index contributed by atoms with van der Waals surface area (Å²) in [4.78, 5) is 24.7. The van der Waals surface area contributed by atoms with Crippen molar-refractivity contribution >= 4 is 11.9 Å². The normalized spacial score (nSPS) is 28.9. The summed E-state index contributed by atoms with van der Waals surface area (Å²) in [7, 11) is 2.70. The number of carbonyl (C=O) groups excluding carboxylic acids is 2. The van der Waals surface area contributed by atoms with Crippen molar-refractivity contribution in [2.45, 2.75) is 38.5 Å². The number of carbonyl (C=O) groups is 2. The maximum atomic E-state index is 12.3. The highest BCUT2D eigenvalue weighted by molar-refractivity contribution is 6.00. The van der Waals surface area contributed by atoms with Crippen molar-refractivity contribution in [3.8, 4) is 0 Å². The van der Waals surface area contributed by atoms with E-state index in [0.29, 0.717) is 6.42 Å². The van der Waals surface area contributed by atoms with E-state index in [2.05, 4.69) is 12.2 Å². The van der Waals surface area contributed by atoms with Gasteiger partial charge in [0.15, 0.2) is 5.41 Å². The summed E-state index contributed by atoms with van der Waals surface area (Å²) in [6, 6.07) is 0. The Bertz CT molecular complexity index is 370. The number of hydrogen-bond donors (Lipinski definition) is 0. The monoisotopic (exact) mass is 266 g/mol. The van der Waals surface area contributed by atoms with Crippen molar-refractivity contribution in [2.24, 2.45) is 17.3 Å². The summed E-state index contributed by atoms with van der Waals surface area (Å²) < 4.78 is 9.91. The van der Waals surface area contributed by atoms with Crippen LogP contribution in [0.15, 0.2) is 12.2 Å². The van der Waals surface area contributed by atoms with Crippen molar-refractivity contribution in [1.82, 2.24) is 0 Å². The van der Waals surface area contributed by atoms with E-state index >= 15 is 0 Å². The second-order valence-electron chi connectivity index (χ2n) is 5.48. The fourth-order valence-electron chi connectivity index (χ4n) is 3.72. The highest BCUT2D eigenvalue weighted by Gasteiger charge is 2.56. The molecule has 2 atom stereocenters. The van der Waals surface area contributed by atoms with E-state index in [1.54, 1.807) is 0 Å². The Labute approximate surface area is 114 Å². The van der Waals surface area contributed by atoms with Gasteiger partial charge in [0.05, 0.1) is 14.2 Å². The summed E-state index contributed by atoms with van der Waals surface area (Å²) in [5, 5.41) is 0. The first-order chi connectivity index (χ1) is 9.16. The molecular formula is C15H22O4. The van der Waals surface area contributed by atoms with Gasteiger partial charge in [-0.1, -0.05) is 25.0 Å². The lowest BCUT2D eigenvalue weighted by atomic mass is 9.63. The Hall–Kier alpha value is -1.32. The first kappa shape index (κ1) is 14.1. The molecule has 0 radical (unpaired) electrons. The molecule has 0 saturated heterocycles. The largest absolute Gasteiger partial charge is 0.468 e. The van der Waals surface area contributed by atoms with E-state index in [4.69, 9.17) is 9.47 Å². The van der Waals surface area contributed by atoms with E-state index in [1.807, 2.05) is 0 Å². The van der Waals surface area contributed by atoms with Gasteiger partial charge in [0.1, 0.15) is 0 Å². The van der Waals surface area contributed by atoms with Crippen LogP contribution in [0.4, 0.5) is 0 Å². The standard InChI is InChI=1S/C15H22O4/c1-18-13(16)15(14(17)19-2)10-6-5-8-11-7-3-4-9-12(11)15/h5,8,11-12H,3-4,6-7,9-10H2,1-2H3/t11-,12-/m0/s1. The van der Waals surface area contributed by atoms with Gasteiger partial charge in [-0.3, -0.25) is 9.59 Å². The molecule has 0 heterocycles. The molecule has 19 heavy (non-hydrogen) atoms. The van der Waals surface area contributed by atoms with Crippen LogP contribution in [0.5, 0.6) is 0 Å². The molecule has 0 amide bonds. The number of rotatable bonds is 2. The van der Waals surface area contributed by atoms with Crippen molar-refractivity contribution in [2.75, 3.05) is 14.2 Å². The van der Waals surface area contributed by atoms with Gasteiger partial charge in [-0.05, 0) is 37.5 Å². The zero-order chi connectivity index (χ0) is 13.9. The molecule has 4 nitrogen and oxygen atoms in total. The lowest BCUT2D eigenvalue weighted by Crippen LogP contribution is -2.49. The minimum absolute atomic E-state index is 0.0138. The predicted molar refractivity (Wildman–Crippen MR) is 70.3 cm³/mol. The van der Waals surface area contributed by atoms with Crippen LogP contribution < -0.4 is 0 Å². The van der Waals surface area contributed by atoms with E-state index < -0.39 is 17.4 Å². The van der Waals surface area contributed by atoms with Gasteiger partial charge in [-0.15, -0.1) is 0 Å². The number of allylic oxidation sites excluding steroid dienone is 2. The van der Waals surface area contributed by atoms with Crippen LogP contribution in [0.3, 0.4) is 0 Å². The van der Waals surface area contributed by atoms with E-state index in [0.717, 1.165) is 32.1 Å². The highest BCUT2D eigenvalue weighted by Crippen LogP contribution is 2.49. The van der Waals surface area contributed by atoms with Gasteiger partial charge >= 0.3 is 11.9 Å². The number of ether oxygens (including phenoxy) is 2. The molecule has 0 aliphatic heterocycles. The molecule has 0 N–H and O–H groups in total. The Morgan fingerprint density at radius 2 is 1.74 bits per heavy atom. The van der Waals surface area contributed by atoms with Crippen molar-refractivity contribution < 1.29 is 19.1 Å². The number of hydrogen-bond acceptors (Lipinski definition) is 4. The molecule has 0 spiro atoms. The molecule has 0 bridgehead atoms. The Morgan fingerprint density at radius 3 is 2.37 bits per heavy atom. The van der Waals surface area contributed by atoms with Crippen molar-refractivity contribution in [3.63, 3.8) is 0 Å². The number of esters is 2. The van der Waals surface area contributed by atoms with Crippen LogP contribution in [-0.4, -0.2) is 26.2 Å². The highest BCUT2D eigenvalue weighted by atomic mass is 16.5. The Morgan fingerprint density at radius 1 is 1.11 bits per heavy atom. The summed E-state index contributed by atoms with van der Waals surface area (Å²) in [6.07, 6.45) is 9.63. The third kappa shape index (κ3) is 2.28. The zero-order valence-electron chi connectivity index (χ0n) is 11.7. The molecular weight excluding hydrogens is 244 g/mol. The molecule has 4 heteroatoms. The average Bonchev–Trinajstić information content (AvgIpc) is 2.66. The molecule has 0 unspecified atom stereocenters. The quantitative estimate of drug-likeness (QED) is 0.438. The fourth-order valence-corrected chi connectivity index (χ4v) is 3.72. The van der Waals surface area contributed by atoms with Crippen LogP contribution in [0.25, 0.3) is 0 Å². The molecule has 0 aromatic heterocycles. The maximum absolute atomic E-state index is 12.3. The first-order valence-electron chi connectivity index (χ1n) is 7.00. The summed E-state index contributed by atoms with van der Waals surface area (Å²) in [5.74, 6) is -0.561. The predicted octanol–water partition coefficient (Wildman–Crippen LogP) is 2.48. The maximum Gasteiger partial charge on any atom is 0.323 e. The molecule has 1 fully saturated rings. The van der Waals surface area contributed by atoms with E-state index in [-0.39, 0.29) is 11.8 Å². The van der Waals surface area contributed by atoms with E-state index in [9.17, 15) is 9.59 Å². The molecule has 2 aliphatic rings. The van der Waals surface area contributed by atoms with Crippen LogP contribution in [0, 0.1) is 17.3 Å². The molecule has 2 rings (SSSR count). The number of methoxy groups -OCH3 is 2. The molecule has 0 aromatic carbocycles. The Balaban J connectivity index is 2.43. The number of fused-ring (bicyclic) bond motifs is 1. The summed E-state index contributed by atoms with van der Waals surface area (Å²) >= 11 is 0. The zero-order valence-corrected chi connectivity index (χ0v) is 11.7. The van der Waals surface area contributed by atoms with E-state index in [1.165, 1.54) is 14.2 Å². The second-order valence-corrected chi connectivity index (χ2v) is 5.48. The van der Waals surface area contributed by atoms with Crippen LogP contribution in [0.2, 0.25) is 0 Å². The average molecular weight is 266 g/mol. The SMILES string of the molecule is COC(=O)C1(C(=O)OC)CCC=C[C@@H]2CCCC[C@@H]21. The van der Waals surface area contributed by atoms with Gasteiger partial charge in [0.2, 0.25) is 0 Å². The third-order valence-electron chi connectivity index (χ3n) is 4.64. The van der Waals surface area contributed by atoms with Gasteiger partial charge < -0.3 is 9.47 Å². The Kier molecular flexibility index (Phi) is 4.27. The summed E-state index contributed by atoms with van der Waals surface area (Å²) in [6.45, 7) is 0. The topological polar surface area (TPSA) is 52.6 Å². The lowest BCUT2D eigenvalue weighted by Gasteiger charge is -2.40. The molecule has 106 valence electrons. The van der Waals surface area contributed by atoms with Crippen LogP contribution in [0.1, 0.15) is 38.5 Å². The third-order valence-corrected chi connectivity index (χ3v) is 4.64. The molecule has 1 saturated carbocycles. The molecule has 2 aliphatic carbocycles. The minimum Gasteiger partial charge on any atom is -0.468 e. The van der Waals surface area contributed by atoms with Crippen LogP contribution >= 0.6 is 0 Å². The van der Waals surface area contributed by atoms with Crippen molar-refractivity contribution in [3.05, 3.63) is 12.2 Å². The minimum atomic E-state index is -1.11. The second kappa shape index (κ2) is 5.76. The van der Waals surface area contributed by atoms with Gasteiger partial charge in [-0.2, -0.15) is 0 Å². The van der Waals surface area contributed by atoms with Gasteiger partial charge in [-0.25, -0.2) is 0 Å². The fraction of sp³-hybridized carbons (Fsp3) is 0.733. The lowest BCUT2D eigenvalue weighted by molar-refractivity contribution is -0.177. The summed E-state index contributed by atoms with van der Waals surface area (Å²) in [5.41, 5.74) is -1.11. The van der Waals surface area contributed by atoms with Crippen LogP contribution in [-0.2, 0) is 19.1 Å². The first-order valence-corrected chi connectivity index (χ1v) is 7.00. The molecule has 0 aromatic rings. The van der Waals surface area contributed by atoms with Gasteiger partial charge in [0, 0.05) is 0 Å².